The smallest absolute Gasteiger partial charge is 0.239 e. The van der Waals surface area contributed by atoms with Gasteiger partial charge >= 0.3 is 0 Å². The molecular formula is C10H20N2O. The van der Waals surface area contributed by atoms with Crippen LogP contribution in [0.5, 0.6) is 0 Å². The average Bonchev–Trinajstić information content (AvgIpc) is 2.45. The normalized spacial score (nSPS) is 30.6. The summed E-state index contributed by atoms with van der Waals surface area (Å²) in [4.78, 5) is 13.6. The van der Waals surface area contributed by atoms with Crippen LogP contribution in [0.3, 0.4) is 0 Å². The van der Waals surface area contributed by atoms with Crippen LogP contribution in [0.4, 0.5) is 0 Å². The highest BCUT2D eigenvalue weighted by Crippen LogP contribution is 2.26. The third-order valence-corrected chi connectivity index (χ3v) is 2.97. The van der Waals surface area contributed by atoms with Crippen molar-refractivity contribution in [1.82, 2.24) is 4.90 Å². The van der Waals surface area contributed by atoms with Gasteiger partial charge in [-0.25, -0.2) is 0 Å². The summed E-state index contributed by atoms with van der Waals surface area (Å²) in [5, 5.41) is 0. The molecule has 1 aliphatic heterocycles. The number of rotatable bonds is 2. The second-order valence-corrected chi connectivity index (χ2v) is 4.06. The molecule has 0 aromatic heterocycles. The molecule has 0 aliphatic carbocycles. The predicted octanol–water partition coefficient (Wildman–Crippen LogP) is 0.981. The van der Waals surface area contributed by atoms with Gasteiger partial charge in [0.05, 0.1) is 6.04 Å². The number of nitrogens with two attached hydrogens (primary N) is 1. The molecule has 0 radical (unpaired) electrons. The Labute approximate surface area is 80.3 Å². The number of carbonyl (C=O) groups is 1. The van der Waals surface area contributed by atoms with Crippen LogP contribution in [0.2, 0.25) is 0 Å². The molecule has 0 aromatic rings. The van der Waals surface area contributed by atoms with Crippen molar-refractivity contribution in [2.45, 2.75) is 45.7 Å². The van der Waals surface area contributed by atoms with E-state index in [1.54, 1.807) is 6.92 Å². The van der Waals surface area contributed by atoms with E-state index in [9.17, 15) is 4.79 Å². The summed E-state index contributed by atoms with van der Waals surface area (Å²) in [5.74, 6) is 0.740. The lowest BCUT2D eigenvalue weighted by Gasteiger charge is -2.27. The molecule has 0 aromatic carbocycles. The van der Waals surface area contributed by atoms with E-state index in [2.05, 4.69) is 13.8 Å². The molecule has 0 bridgehead atoms. The van der Waals surface area contributed by atoms with Gasteiger partial charge in [-0.1, -0.05) is 13.8 Å². The predicted molar refractivity (Wildman–Crippen MR) is 53.2 cm³/mol. The number of nitrogens with zero attached hydrogens (tertiary/aromatic N) is 1. The number of likely N-dealkylation sites (tertiary alicyclic amines) is 1. The molecule has 2 N–H and O–H groups in total. The van der Waals surface area contributed by atoms with Crippen LogP contribution < -0.4 is 5.73 Å². The lowest BCUT2D eigenvalue weighted by atomic mass is 10.0. The summed E-state index contributed by atoms with van der Waals surface area (Å²) in [7, 11) is 0. The number of carbonyl (C=O) groups excluding carboxylic acids is 1. The Bertz CT molecular complexity index is 191. The Kier molecular flexibility index (Phi) is 3.31. The minimum absolute atomic E-state index is 0.108. The highest BCUT2D eigenvalue weighted by Gasteiger charge is 2.33. The van der Waals surface area contributed by atoms with Crippen molar-refractivity contribution >= 4 is 5.91 Å². The average molecular weight is 184 g/mol. The van der Waals surface area contributed by atoms with E-state index < -0.39 is 0 Å². The van der Waals surface area contributed by atoms with Crippen molar-refractivity contribution in [1.29, 1.82) is 0 Å². The van der Waals surface area contributed by atoms with Gasteiger partial charge in [-0.05, 0) is 25.7 Å². The molecule has 1 fully saturated rings. The Morgan fingerprint density at radius 3 is 2.77 bits per heavy atom. The third-order valence-electron chi connectivity index (χ3n) is 2.97. The summed E-state index contributed by atoms with van der Waals surface area (Å²) in [5.41, 5.74) is 5.59. The molecule has 76 valence electrons. The maximum absolute atomic E-state index is 11.7. The minimum atomic E-state index is -0.348. The molecule has 1 amide bonds. The fraction of sp³-hybridized carbons (Fsp3) is 0.900. The van der Waals surface area contributed by atoms with Crippen LogP contribution >= 0.6 is 0 Å². The van der Waals surface area contributed by atoms with Crippen molar-refractivity contribution in [3.63, 3.8) is 0 Å². The molecule has 1 aliphatic rings. The zero-order chi connectivity index (χ0) is 10.0. The van der Waals surface area contributed by atoms with Gasteiger partial charge in [0.15, 0.2) is 0 Å². The minimum Gasteiger partial charge on any atom is -0.338 e. The quantitative estimate of drug-likeness (QED) is 0.695. The molecule has 1 rings (SSSR count). The monoisotopic (exact) mass is 184 g/mol. The van der Waals surface area contributed by atoms with E-state index in [0.29, 0.717) is 12.0 Å². The summed E-state index contributed by atoms with van der Waals surface area (Å²) in [6.45, 7) is 6.99. The Morgan fingerprint density at radius 1 is 1.69 bits per heavy atom. The van der Waals surface area contributed by atoms with Gasteiger partial charge in [0.1, 0.15) is 0 Å². The fourth-order valence-electron chi connectivity index (χ4n) is 2.17. The van der Waals surface area contributed by atoms with Crippen LogP contribution in [0.1, 0.15) is 33.6 Å². The standard InChI is InChI=1S/C10H20N2O/c1-4-9-7(2)5-6-12(9)10(13)8(3)11/h7-9H,4-6,11H2,1-3H3/t7?,8-,9?/m1/s1. The molecule has 3 nitrogen and oxygen atoms in total. The Hall–Kier alpha value is -0.570. The number of amides is 1. The fourth-order valence-corrected chi connectivity index (χ4v) is 2.17. The van der Waals surface area contributed by atoms with Crippen molar-refractivity contribution in [3.05, 3.63) is 0 Å². The van der Waals surface area contributed by atoms with Crippen LogP contribution in [0.15, 0.2) is 0 Å². The van der Waals surface area contributed by atoms with Crippen LogP contribution in [-0.2, 0) is 4.79 Å². The zero-order valence-electron chi connectivity index (χ0n) is 8.79. The first-order valence-electron chi connectivity index (χ1n) is 5.14. The van der Waals surface area contributed by atoms with Gasteiger partial charge < -0.3 is 10.6 Å². The van der Waals surface area contributed by atoms with Gasteiger partial charge in [-0.3, -0.25) is 4.79 Å². The first-order valence-corrected chi connectivity index (χ1v) is 5.14. The van der Waals surface area contributed by atoms with Crippen LogP contribution in [0.25, 0.3) is 0 Å². The molecule has 0 spiro atoms. The van der Waals surface area contributed by atoms with Gasteiger partial charge in [-0.15, -0.1) is 0 Å². The van der Waals surface area contributed by atoms with Crippen LogP contribution in [-0.4, -0.2) is 29.4 Å². The zero-order valence-corrected chi connectivity index (χ0v) is 8.79. The lowest BCUT2D eigenvalue weighted by Crippen LogP contribution is -2.45. The molecule has 2 unspecified atom stereocenters. The maximum atomic E-state index is 11.7. The Balaban J connectivity index is 2.65. The second kappa shape index (κ2) is 4.09. The summed E-state index contributed by atoms with van der Waals surface area (Å²) >= 11 is 0. The molecule has 3 atom stereocenters. The van der Waals surface area contributed by atoms with E-state index in [1.165, 1.54) is 0 Å². The largest absolute Gasteiger partial charge is 0.338 e. The first-order chi connectivity index (χ1) is 6.07. The molecule has 13 heavy (non-hydrogen) atoms. The number of hydrogen-bond acceptors (Lipinski definition) is 2. The highest BCUT2D eigenvalue weighted by molar-refractivity contribution is 5.81. The van der Waals surface area contributed by atoms with Gasteiger partial charge in [0, 0.05) is 12.6 Å². The van der Waals surface area contributed by atoms with Crippen molar-refractivity contribution in [2.24, 2.45) is 11.7 Å². The van der Waals surface area contributed by atoms with Crippen molar-refractivity contribution in [2.75, 3.05) is 6.54 Å². The van der Waals surface area contributed by atoms with Gasteiger partial charge in [0.25, 0.3) is 0 Å². The van der Waals surface area contributed by atoms with E-state index in [4.69, 9.17) is 5.73 Å². The molecule has 1 heterocycles. The molecular weight excluding hydrogens is 164 g/mol. The second-order valence-electron chi connectivity index (χ2n) is 4.06. The van der Waals surface area contributed by atoms with E-state index in [1.807, 2.05) is 4.90 Å². The van der Waals surface area contributed by atoms with Crippen LogP contribution in [0, 0.1) is 5.92 Å². The summed E-state index contributed by atoms with van der Waals surface area (Å²) < 4.78 is 0. The maximum Gasteiger partial charge on any atom is 0.239 e. The third kappa shape index (κ3) is 2.02. The van der Waals surface area contributed by atoms with E-state index in [0.717, 1.165) is 19.4 Å². The van der Waals surface area contributed by atoms with Gasteiger partial charge in [0.2, 0.25) is 5.91 Å². The summed E-state index contributed by atoms with van der Waals surface area (Å²) in [6.07, 6.45) is 2.16. The number of hydrogen-bond donors (Lipinski definition) is 1. The first kappa shape index (κ1) is 10.5. The van der Waals surface area contributed by atoms with Crippen molar-refractivity contribution < 1.29 is 4.79 Å². The van der Waals surface area contributed by atoms with Gasteiger partial charge in [-0.2, -0.15) is 0 Å². The topological polar surface area (TPSA) is 46.3 Å². The molecule has 3 heteroatoms. The Morgan fingerprint density at radius 2 is 2.31 bits per heavy atom. The lowest BCUT2D eigenvalue weighted by molar-refractivity contribution is -0.133. The van der Waals surface area contributed by atoms with E-state index >= 15 is 0 Å². The SMILES string of the molecule is CCC1C(C)CCN1C(=O)[C@@H](C)N. The summed E-state index contributed by atoms with van der Waals surface area (Å²) in [6, 6.07) is 0.0675. The van der Waals surface area contributed by atoms with E-state index in [-0.39, 0.29) is 11.9 Å². The molecule has 0 saturated carbocycles. The van der Waals surface area contributed by atoms with Crippen molar-refractivity contribution in [3.8, 4) is 0 Å². The molecule has 1 saturated heterocycles. The highest BCUT2D eigenvalue weighted by atomic mass is 16.2.